The maximum Gasteiger partial charge on any atom is 0.242 e. The zero-order valence-corrected chi connectivity index (χ0v) is 17.8. The summed E-state index contributed by atoms with van der Waals surface area (Å²) >= 11 is 6.01. The first kappa shape index (κ1) is 20.4. The number of halogens is 1. The standard InChI is InChI=1S/C20H26ClN5O2S/c21-17-5-1-2-6-18(17)29(27,28)24-10-11-25-12-14-26(15-13-25)20-19-16(7-9-23-20)4-3-8-22-19/h1-2,5-7,9,22,24H,3-4,8,10-15H2. The largest absolute Gasteiger partial charge is 0.382 e. The van der Waals surface area contributed by atoms with Crippen molar-refractivity contribution < 1.29 is 8.42 Å². The highest BCUT2D eigenvalue weighted by atomic mass is 35.5. The molecule has 0 aliphatic carbocycles. The predicted octanol–water partition coefficient (Wildman–Crippen LogP) is 2.19. The number of pyridine rings is 1. The normalized spacial score (nSPS) is 17.6. The highest BCUT2D eigenvalue weighted by molar-refractivity contribution is 7.89. The van der Waals surface area contributed by atoms with Gasteiger partial charge in [-0.3, -0.25) is 4.90 Å². The van der Waals surface area contributed by atoms with Gasteiger partial charge in [0.15, 0.2) is 5.82 Å². The van der Waals surface area contributed by atoms with E-state index in [1.807, 2.05) is 6.20 Å². The van der Waals surface area contributed by atoms with Gasteiger partial charge in [0.05, 0.1) is 10.7 Å². The molecule has 0 bridgehead atoms. The third-order valence-corrected chi connectivity index (χ3v) is 7.42. The Labute approximate surface area is 177 Å². The van der Waals surface area contributed by atoms with Crippen molar-refractivity contribution >= 4 is 33.1 Å². The molecule has 0 unspecified atom stereocenters. The smallest absolute Gasteiger partial charge is 0.242 e. The number of aromatic nitrogens is 1. The van der Waals surface area contributed by atoms with Gasteiger partial charge in [-0.2, -0.15) is 0 Å². The molecule has 2 aliphatic heterocycles. The highest BCUT2D eigenvalue weighted by Crippen LogP contribution is 2.31. The van der Waals surface area contributed by atoms with Crippen molar-refractivity contribution in [2.24, 2.45) is 0 Å². The number of anilines is 2. The van der Waals surface area contributed by atoms with Crippen LogP contribution in [0, 0.1) is 0 Å². The second-order valence-corrected chi connectivity index (χ2v) is 9.50. The minimum Gasteiger partial charge on any atom is -0.382 e. The average Bonchev–Trinajstić information content (AvgIpc) is 2.74. The zero-order chi connectivity index (χ0) is 20.3. The van der Waals surface area contributed by atoms with E-state index in [9.17, 15) is 8.42 Å². The Morgan fingerprint density at radius 1 is 1.14 bits per heavy atom. The van der Waals surface area contributed by atoms with E-state index in [4.69, 9.17) is 11.6 Å². The number of nitrogens with one attached hydrogen (secondary N) is 2. The number of piperazine rings is 1. The predicted molar refractivity (Wildman–Crippen MR) is 116 cm³/mol. The van der Waals surface area contributed by atoms with Crippen LogP contribution in [0.2, 0.25) is 5.02 Å². The Morgan fingerprint density at radius 3 is 2.72 bits per heavy atom. The summed E-state index contributed by atoms with van der Waals surface area (Å²) in [4.78, 5) is 9.34. The summed E-state index contributed by atoms with van der Waals surface area (Å²) in [5.41, 5.74) is 2.53. The molecule has 9 heteroatoms. The number of rotatable bonds is 6. The van der Waals surface area contributed by atoms with Gasteiger partial charge in [0, 0.05) is 52.0 Å². The summed E-state index contributed by atoms with van der Waals surface area (Å²) in [5.74, 6) is 1.04. The Bertz CT molecular complexity index is 961. The van der Waals surface area contributed by atoms with E-state index in [2.05, 4.69) is 30.9 Å². The van der Waals surface area contributed by atoms with Crippen LogP contribution in [0.15, 0.2) is 41.4 Å². The summed E-state index contributed by atoms with van der Waals surface area (Å²) in [6.45, 7) is 5.52. The molecule has 0 saturated carbocycles. The summed E-state index contributed by atoms with van der Waals surface area (Å²) in [5, 5.41) is 3.74. The van der Waals surface area contributed by atoms with Crippen LogP contribution in [-0.4, -0.2) is 64.1 Å². The average molecular weight is 436 g/mol. The molecule has 0 atom stereocenters. The van der Waals surface area contributed by atoms with Crippen molar-refractivity contribution in [2.45, 2.75) is 17.7 Å². The summed E-state index contributed by atoms with van der Waals surface area (Å²) < 4.78 is 27.5. The van der Waals surface area contributed by atoms with Crippen molar-refractivity contribution in [1.29, 1.82) is 0 Å². The SMILES string of the molecule is O=S(=O)(NCCN1CCN(c2nccc3c2NCCC3)CC1)c1ccccc1Cl. The van der Waals surface area contributed by atoms with E-state index in [0.717, 1.165) is 51.4 Å². The first-order chi connectivity index (χ1) is 14.0. The molecule has 3 heterocycles. The molecule has 0 radical (unpaired) electrons. The molecule has 4 rings (SSSR count). The van der Waals surface area contributed by atoms with Crippen LogP contribution in [-0.2, 0) is 16.4 Å². The number of benzene rings is 1. The van der Waals surface area contributed by atoms with E-state index < -0.39 is 10.0 Å². The highest BCUT2D eigenvalue weighted by Gasteiger charge is 2.23. The molecule has 0 spiro atoms. The van der Waals surface area contributed by atoms with Crippen LogP contribution >= 0.6 is 11.6 Å². The monoisotopic (exact) mass is 435 g/mol. The fourth-order valence-corrected chi connectivity index (χ4v) is 5.42. The van der Waals surface area contributed by atoms with Crippen LogP contribution in [0.4, 0.5) is 11.5 Å². The Balaban J connectivity index is 1.29. The van der Waals surface area contributed by atoms with E-state index >= 15 is 0 Å². The van der Waals surface area contributed by atoms with Crippen molar-refractivity contribution in [3.8, 4) is 0 Å². The van der Waals surface area contributed by atoms with Crippen LogP contribution in [0.3, 0.4) is 0 Å². The van der Waals surface area contributed by atoms with E-state index in [0.29, 0.717) is 13.1 Å². The lowest BCUT2D eigenvalue weighted by Crippen LogP contribution is -2.49. The van der Waals surface area contributed by atoms with Gasteiger partial charge in [-0.25, -0.2) is 18.1 Å². The van der Waals surface area contributed by atoms with Gasteiger partial charge in [-0.1, -0.05) is 23.7 Å². The zero-order valence-electron chi connectivity index (χ0n) is 16.3. The minimum atomic E-state index is -3.59. The molecule has 2 N–H and O–H groups in total. The van der Waals surface area contributed by atoms with Gasteiger partial charge >= 0.3 is 0 Å². The van der Waals surface area contributed by atoms with E-state index in [-0.39, 0.29) is 9.92 Å². The Morgan fingerprint density at radius 2 is 1.93 bits per heavy atom. The number of aryl methyl sites for hydroxylation is 1. The molecule has 1 aromatic carbocycles. The number of hydrogen-bond donors (Lipinski definition) is 2. The van der Waals surface area contributed by atoms with Gasteiger partial charge in [-0.05, 0) is 36.6 Å². The molecule has 1 saturated heterocycles. The summed E-state index contributed by atoms with van der Waals surface area (Å²) in [7, 11) is -3.59. The lowest BCUT2D eigenvalue weighted by molar-refractivity contribution is 0.261. The number of fused-ring (bicyclic) bond motifs is 1. The number of hydrogen-bond acceptors (Lipinski definition) is 6. The molecule has 1 fully saturated rings. The molecule has 0 amide bonds. The molecule has 29 heavy (non-hydrogen) atoms. The van der Waals surface area contributed by atoms with Crippen LogP contribution in [0.1, 0.15) is 12.0 Å². The first-order valence-corrected chi connectivity index (χ1v) is 11.8. The lowest BCUT2D eigenvalue weighted by Gasteiger charge is -2.37. The summed E-state index contributed by atoms with van der Waals surface area (Å²) in [6, 6.07) is 8.60. The Hall–Kier alpha value is -1.87. The van der Waals surface area contributed by atoms with Crippen molar-refractivity contribution in [3.05, 3.63) is 47.1 Å². The van der Waals surface area contributed by atoms with Crippen molar-refractivity contribution in [3.63, 3.8) is 0 Å². The minimum absolute atomic E-state index is 0.124. The fourth-order valence-electron chi connectivity index (χ4n) is 3.88. The molecule has 2 aromatic rings. The van der Waals surface area contributed by atoms with Crippen molar-refractivity contribution in [2.75, 3.05) is 56.0 Å². The van der Waals surface area contributed by atoms with Crippen LogP contribution < -0.4 is 14.9 Å². The van der Waals surface area contributed by atoms with Gasteiger partial charge in [0.2, 0.25) is 10.0 Å². The quantitative estimate of drug-likeness (QED) is 0.724. The third-order valence-electron chi connectivity index (χ3n) is 5.46. The third kappa shape index (κ3) is 4.66. The number of nitrogens with zero attached hydrogens (tertiary/aromatic N) is 3. The Kier molecular flexibility index (Phi) is 6.24. The van der Waals surface area contributed by atoms with E-state index in [1.165, 1.54) is 17.3 Å². The molecular formula is C20H26ClN5O2S. The summed E-state index contributed by atoms with van der Waals surface area (Å²) in [6.07, 6.45) is 4.16. The van der Waals surface area contributed by atoms with Gasteiger partial charge in [0.1, 0.15) is 4.90 Å². The van der Waals surface area contributed by atoms with Gasteiger partial charge < -0.3 is 10.2 Å². The second kappa shape index (κ2) is 8.87. The first-order valence-electron chi connectivity index (χ1n) is 9.98. The molecule has 7 nitrogen and oxygen atoms in total. The van der Waals surface area contributed by atoms with Crippen LogP contribution in [0.25, 0.3) is 0 Å². The molecular weight excluding hydrogens is 410 g/mol. The molecule has 1 aromatic heterocycles. The fraction of sp³-hybridized carbons (Fsp3) is 0.450. The maximum atomic E-state index is 12.4. The van der Waals surface area contributed by atoms with Gasteiger partial charge in [-0.15, -0.1) is 0 Å². The number of sulfonamides is 1. The van der Waals surface area contributed by atoms with Crippen molar-refractivity contribution in [1.82, 2.24) is 14.6 Å². The second-order valence-electron chi connectivity index (χ2n) is 7.36. The lowest BCUT2D eigenvalue weighted by atomic mass is 10.0. The topological polar surface area (TPSA) is 77.6 Å². The van der Waals surface area contributed by atoms with E-state index in [1.54, 1.807) is 18.2 Å². The maximum absolute atomic E-state index is 12.4. The molecule has 2 aliphatic rings. The van der Waals surface area contributed by atoms with Gasteiger partial charge in [0.25, 0.3) is 0 Å². The van der Waals surface area contributed by atoms with Crippen LogP contribution in [0.5, 0.6) is 0 Å². The molecule has 156 valence electrons.